The summed E-state index contributed by atoms with van der Waals surface area (Å²) in [6.07, 6.45) is 6.78. The number of rotatable bonds is 8. The fourth-order valence-corrected chi connectivity index (χ4v) is 4.89. The Hall–Kier alpha value is -2.10. The van der Waals surface area contributed by atoms with Gasteiger partial charge in [0.25, 0.3) is 5.91 Å². The smallest absolute Gasteiger partial charge is 0.303 e. The number of sulfone groups is 1. The first-order valence-electron chi connectivity index (χ1n) is 10.5. The van der Waals surface area contributed by atoms with Crippen molar-refractivity contribution in [2.75, 3.05) is 6.26 Å². The summed E-state index contributed by atoms with van der Waals surface area (Å²) in [6, 6.07) is -0.484. The van der Waals surface area contributed by atoms with Gasteiger partial charge in [-0.25, -0.2) is 13.4 Å². The second-order valence-electron chi connectivity index (χ2n) is 9.19. The second kappa shape index (κ2) is 7.79. The fraction of sp³-hybridized carbons (Fsp3) is 0.667. The molecule has 0 radical (unpaired) electrons. The number of hydrogen-bond acceptors (Lipinski definition) is 6. The number of aromatic nitrogens is 2. The number of nitrogens with one attached hydrogen (secondary N) is 1. The van der Waals surface area contributed by atoms with E-state index in [0.717, 1.165) is 43.5 Å². The van der Waals surface area contributed by atoms with Crippen LogP contribution in [0.15, 0.2) is 17.7 Å². The number of halogens is 2. The van der Waals surface area contributed by atoms with Gasteiger partial charge in [0.1, 0.15) is 11.7 Å². The van der Waals surface area contributed by atoms with Gasteiger partial charge in [-0.2, -0.15) is 13.8 Å². The average Bonchev–Trinajstić information content (AvgIpc) is 3.55. The van der Waals surface area contributed by atoms with Crippen LogP contribution >= 0.6 is 0 Å². The normalized spacial score (nSPS) is 28.9. The molecule has 3 unspecified atom stereocenters. The zero-order chi connectivity index (χ0) is 22.6. The molecule has 1 aromatic heterocycles. The minimum Gasteiger partial charge on any atom is -0.474 e. The van der Waals surface area contributed by atoms with Crippen molar-refractivity contribution in [2.24, 2.45) is 23.7 Å². The summed E-state index contributed by atoms with van der Waals surface area (Å²) < 4.78 is 56.4. The van der Waals surface area contributed by atoms with Gasteiger partial charge in [-0.05, 0) is 49.4 Å². The molecular formula is C21H27F2N3O4S. The topological polar surface area (TPSA) is 98.2 Å². The van der Waals surface area contributed by atoms with Crippen molar-refractivity contribution < 1.29 is 26.7 Å². The highest BCUT2D eigenvalue weighted by atomic mass is 32.2. The summed E-state index contributed by atoms with van der Waals surface area (Å²) in [6.45, 7) is 2.88. The number of alkyl halides is 2. The van der Waals surface area contributed by atoms with Crippen molar-refractivity contribution in [2.45, 2.75) is 57.6 Å². The van der Waals surface area contributed by atoms with Crippen LogP contribution in [-0.4, -0.2) is 42.7 Å². The molecule has 170 valence electrons. The summed E-state index contributed by atoms with van der Waals surface area (Å²) in [7, 11) is -3.34. The maximum Gasteiger partial charge on any atom is 0.303 e. The molecule has 0 aliphatic heterocycles. The number of nitrogens with zero attached hydrogens (tertiary/aromatic N) is 2. The van der Waals surface area contributed by atoms with Gasteiger partial charge in [-0.1, -0.05) is 13.0 Å². The van der Waals surface area contributed by atoms with Crippen LogP contribution < -0.4 is 10.1 Å². The van der Waals surface area contributed by atoms with Gasteiger partial charge in [-0.3, -0.25) is 4.79 Å². The molecule has 3 aliphatic rings. The molecule has 1 aromatic rings. The maximum atomic E-state index is 13.8. The van der Waals surface area contributed by atoms with Crippen molar-refractivity contribution in [3.8, 4) is 5.88 Å². The summed E-state index contributed by atoms with van der Waals surface area (Å²) >= 11 is 0. The molecule has 1 N–H and O–H groups in total. The van der Waals surface area contributed by atoms with E-state index in [1.165, 1.54) is 6.08 Å². The summed E-state index contributed by atoms with van der Waals surface area (Å²) in [5, 5.41) is 3.84. The van der Waals surface area contributed by atoms with Crippen LogP contribution in [-0.2, 0) is 15.8 Å². The third-order valence-corrected chi connectivity index (χ3v) is 7.11. The molecule has 0 bridgehead atoms. The molecule has 7 nitrogen and oxygen atoms in total. The van der Waals surface area contributed by atoms with Crippen LogP contribution in [0.2, 0.25) is 0 Å². The number of fused-ring (bicyclic) bond motifs is 1. The SMILES string of the molecule is CC1C2CC(Oc3nc(C(C)(F)F)ncc3C(=O)NC(/C=C/S(C)(=O)=O)C3CC3)CC12. The maximum absolute atomic E-state index is 13.8. The van der Waals surface area contributed by atoms with Crippen molar-refractivity contribution in [1.82, 2.24) is 15.3 Å². The molecule has 3 atom stereocenters. The quantitative estimate of drug-likeness (QED) is 0.647. The largest absolute Gasteiger partial charge is 0.474 e. The number of carbonyl (C=O) groups excluding carboxylic acids is 1. The van der Waals surface area contributed by atoms with Gasteiger partial charge in [0.05, 0.1) is 6.04 Å². The summed E-state index contributed by atoms with van der Waals surface area (Å²) in [5.41, 5.74) is -0.0278. The van der Waals surface area contributed by atoms with Gasteiger partial charge in [-0.15, -0.1) is 0 Å². The fourth-order valence-electron chi connectivity index (χ4n) is 4.43. The van der Waals surface area contributed by atoms with Gasteiger partial charge in [0.15, 0.2) is 9.84 Å². The van der Waals surface area contributed by atoms with Crippen molar-refractivity contribution in [3.63, 3.8) is 0 Å². The Morgan fingerprint density at radius 3 is 2.52 bits per heavy atom. The first-order chi connectivity index (χ1) is 14.4. The van der Waals surface area contributed by atoms with Crippen LogP contribution in [0, 0.1) is 23.7 Å². The Bertz CT molecular complexity index is 992. The van der Waals surface area contributed by atoms with Gasteiger partial charge in [0.2, 0.25) is 11.7 Å². The molecule has 1 heterocycles. The Balaban J connectivity index is 1.55. The average molecular weight is 456 g/mol. The lowest BCUT2D eigenvalue weighted by Gasteiger charge is -2.20. The van der Waals surface area contributed by atoms with E-state index in [0.29, 0.717) is 24.7 Å². The molecular weight excluding hydrogens is 428 g/mol. The number of carbonyl (C=O) groups is 1. The zero-order valence-electron chi connectivity index (χ0n) is 17.7. The third-order valence-electron chi connectivity index (χ3n) is 6.46. The first kappa shape index (κ1) is 22.1. The Labute approximate surface area is 180 Å². The van der Waals surface area contributed by atoms with E-state index >= 15 is 0 Å². The van der Waals surface area contributed by atoms with Crippen molar-refractivity contribution in [3.05, 3.63) is 29.1 Å². The van der Waals surface area contributed by atoms with Crippen molar-refractivity contribution >= 4 is 15.7 Å². The highest BCUT2D eigenvalue weighted by molar-refractivity contribution is 7.93. The molecule has 31 heavy (non-hydrogen) atoms. The number of amides is 1. The molecule has 3 aliphatic carbocycles. The molecule has 0 aromatic carbocycles. The molecule has 1 amide bonds. The lowest BCUT2D eigenvalue weighted by atomic mass is 10.1. The Kier molecular flexibility index (Phi) is 5.56. The van der Waals surface area contributed by atoms with E-state index in [1.807, 2.05) is 0 Å². The van der Waals surface area contributed by atoms with Crippen LogP contribution in [0.4, 0.5) is 8.78 Å². The number of hydrogen-bond donors (Lipinski definition) is 1. The van der Waals surface area contributed by atoms with E-state index in [-0.39, 0.29) is 23.5 Å². The molecule has 3 fully saturated rings. The molecule has 3 saturated carbocycles. The monoisotopic (exact) mass is 455 g/mol. The lowest BCUT2D eigenvalue weighted by molar-refractivity contribution is 0.00641. The van der Waals surface area contributed by atoms with Crippen molar-refractivity contribution in [1.29, 1.82) is 0 Å². The highest BCUT2D eigenvalue weighted by Crippen LogP contribution is 2.57. The van der Waals surface area contributed by atoms with E-state index < -0.39 is 33.5 Å². The molecule has 4 rings (SSSR count). The molecule has 10 heteroatoms. The van der Waals surface area contributed by atoms with E-state index in [9.17, 15) is 22.0 Å². The van der Waals surface area contributed by atoms with Crippen LogP contribution in [0.5, 0.6) is 5.88 Å². The molecule has 0 spiro atoms. The minimum atomic E-state index is -3.34. The second-order valence-corrected chi connectivity index (χ2v) is 11.1. The minimum absolute atomic E-state index is 0.0278. The van der Waals surface area contributed by atoms with Gasteiger partial charge >= 0.3 is 5.92 Å². The summed E-state index contributed by atoms with van der Waals surface area (Å²) in [4.78, 5) is 20.5. The van der Waals surface area contributed by atoms with Gasteiger partial charge < -0.3 is 10.1 Å². The van der Waals surface area contributed by atoms with Crippen LogP contribution in [0.1, 0.15) is 55.7 Å². The zero-order valence-corrected chi connectivity index (χ0v) is 18.5. The number of ether oxygens (including phenoxy) is 1. The van der Waals surface area contributed by atoms with E-state index in [2.05, 4.69) is 22.2 Å². The van der Waals surface area contributed by atoms with Crippen LogP contribution in [0.25, 0.3) is 0 Å². The van der Waals surface area contributed by atoms with E-state index in [4.69, 9.17) is 4.74 Å². The lowest BCUT2D eigenvalue weighted by Crippen LogP contribution is -2.36. The van der Waals surface area contributed by atoms with Crippen LogP contribution in [0.3, 0.4) is 0 Å². The predicted molar refractivity (Wildman–Crippen MR) is 109 cm³/mol. The van der Waals surface area contributed by atoms with E-state index in [1.54, 1.807) is 0 Å². The third kappa shape index (κ3) is 5.22. The summed E-state index contributed by atoms with van der Waals surface area (Å²) in [5.74, 6) is -2.75. The highest BCUT2D eigenvalue weighted by Gasteiger charge is 2.54. The predicted octanol–water partition coefficient (Wildman–Crippen LogP) is 3.08. The Morgan fingerprint density at radius 1 is 1.32 bits per heavy atom. The Morgan fingerprint density at radius 2 is 1.97 bits per heavy atom. The standard InChI is InChI=1S/C21H27F2N3O4S/c1-11-14-8-13(9-15(11)14)30-19-16(10-24-20(26-19)21(2,22)23)18(27)25-17(12-4-5-12)6-7-31(3,28)29/h6-7,10-15,17H,4-5,8-9H2,1-3H3,(H,25,27)/b7-6+. The molecule has 0 saturated heterocycles. The van der Waals surface area contributed by atoms with Gasteiger partial charge in [0, 0.05) is 24.8 Å². The first-order valence-corrected chi connectivity index (χ1v) is 12.5.